The number of piperazine rings is 1. The molecule has 2 aromatic rings. The zero-order chi connectivity index (χ0) is 26.7. The van der Waals surface area contributed by atoms with Gasteiger partial charge >= 0.3 is 5.97 Å². The van der Waals surface area contributed by atoms with Crippen molar-refractivity contribution in [2.75, 3.05) is 44.2 Å². The number of halogens is 3. The van der Waals surface area contributed by atoms with Crippen molar-refractivity contribution in [1.82, 2.24) is 9.80 Å². The van der Waals surface area contributed by atoms with Crippen molar-refractivity contribution in [3.05, 3.63) is 75.2 Å². The Morgan fingerprint density at radius 3 is 2.41 bits per heavy atom. The summed E-state index contributed by atoms with van der Waals surface area (Å²) in [5.74, 6) is -1.93. The molecule has 2 aliphatic rings. The lowest BCUT2D eigenvalue weighted by Crippen LogP contribution is -2.52. The summed E-state index contributed by atoms with van der Waals surface area (Å²) in [5, 5.41) is 0.688. The van der Waals surface area contributed by atoms with Crippen molar-refractivity contribution in [3.63, 3.8) is 0 Å². The SMILES string of the molecule is CCOC(=O)C1=C(C)N(CC(=O)N2CCN(c3ccccc3F)CC2)C(=O)CC1c1ccc(Cl)c(Cl)c1. The van der Waals surface area contributed by atoms with E-state index in [1.54, 1.807) is 55.1 Å². The van der Waals surface area contributed by atoms with Crippen molar-refractivity contribution in [3.8, 4) is 0 Å². The van der Waals surface area contributed by atoms with Crippen LogP contribution in [-0.2, 0) is 19.1 Å². The summed E-state index contributed by atoms with van der Waals surface area (Å²) in [7, 11) is 0. The highest BCUT2D eigenvalue weighted by Crippen LogP contribution is 2.39. The van der Waals surface area contributed by atoms with Gasteiger partial charge in [0.05, 0.1) is 27.9 Å². The van der Waals surface area contributed by atoms with Crippen LogP contribution < -0.4 is 4.90 Å². The van der Waals surface area contributed by atoms with Crippen molar-refractivity contribution < 1.29 is 23.5 Å². The molecule has 196 valence electrons. The number of amides is 2. The van der Waals surface area contributed by atoms with Crippen LogP contribution >= 0.6 is 23.2 Å². The van der Waals surface area contributed by atoms with Crippen LogP contribution in [-0.4, -0.2) is 66.9 Å². The Bertz CT molecular complexity index is 1240. The molecule has 2 aliphatic heterocycles. The number of benzene rings is 2. The van der Waals surface area contributed by atoms with Crippen LogP contribution in [0.1, 0.15) is 31.7 Å². The van der Waals surface area contributed by atoms with E-state index in [2.05, 4.69) is 0 Å². The predicted molar refractivity (Wildman–Crippen MR) is 140 cm³/mol. The van der Waals surface area contributed by atoms with E-state index in [-0.39, 0.29) is 37.2 Å². The van der Waals surface area contributed by atoms with Gasteiger partial charge in [-0.1, -0.05) is 41.4 Å². The number of carbonyl (C=O) groups is 3. The third-order valence-corrected chi connectivity index (χ3v) is 7.52. The first kappa shape index (κ1) is 26.9. The van der Waals surface area contributed by atoms with Crippen LogP contribution in [0.15, 0.2) is 53.7 Å². The fourth-order valence-corrected chi connectivity index (χ4v) is 5.14. The third-order valence-electron chi connectivity index (χ3n) is 6.78. The van der Waals surface area contributed by atoms with Crippen LogP contribution in [0.2, 0.25) is 10.0 Å². The maximum absolute atomic E-state index is 14.2. The molecule has 2 amide bonds. The second kappa shape index (κ2) is 11.5. The highest BCUT2D eigenvalue weighted by atomic mass is 35.5. The third kappa shape index (κ3) is 5.75. The first-order valence-electron chi connectivity index (χ1n) is 12.1. The molecule has 0 spiro atoms. The summed E-state index contributed by atoms with van der Waals surface area (Å²) in [6.45, 7) is 5.08. The van der Waals surface area contributed by atoms with E-state index < -0.39 is 11.9 Å². The molecule has 0 saturated carbocycles. The van der Waals surface area contributed by atoms with Gasteiger partial charge in [0, 0.05) is 44.2 Å². The van der Waals surface area contributed by atoms with Crippen LogP contribution in [0.4, 0.5) is 10.1 Å². The summed E-state index contributed by atoms with van der Waals surface area (Å²) >= 11 is 12.3. The Morgan fingerprint density at radius 2 is 1.76 bits per heavy atom. The smallest absolute Gasteiger partial charge is 0.336 e. The summed E-state index contributed by atoms with van der Waals surface area (Å²) in [6, 6.07) is 11.5. The molecule has 0 aliphatic carbocycles. The number of ether oxygens (including phenoxy) is 1. The van der Waals surface area contributed by atoms with Gasteiger partial charge in [-0.05, 0) is 43.7 Å². The lowest BCUT2D eigenvalue weighted by Gasteiger charge is -2.38. The first-order chi connectivity index (χ1) is 17.7. The van der Waals surface area contributed by atoms with Gasteiger partial charge in [0.1, 0.15) is 12.4 Å². The molecule has 10 heteroatoms. The predicted octanol–water partition coefficient (Wildman–Crippen LogP) is 4.63. The normalized spacial score (nSPS) is 18.4. The largest absolute Gasteiger partial charge is 0.463 e. The maximum atomic E-state index is 14.2. The molecule has 1 atom stereocenters. The molecule has 4 rings (SSSR count). The molecule has 0 N–H and O–H groups in total. The van der Waals surface area contributed by atoms with E-state index in [1.807, 2.05) is 4.90 Å². The number of anilines is 1. The van der Waals surface area contributed by atoms with Crippen LogP contribution in [0, 0.1) is 5.82 Å². The number of nitrogens with zero attached hydrogens (tertiary/aromatic N) is 3. The van der Waals surface area contributed by atoms with Gasteiger partial charge in [-0.2, -0.15) is 0 Å². The molecule has 7 nitrogen and oxygen atoms in total. The zero-order valence-corrected chi connectivity index (χ0v) is 22.2. The lowest BCUT2D eigenvalue weighted by atomic mass is 9.83. The van der Waals surface area contributed by atoms with E-state index in [4.69, 9.17) is 27.9 Å². The summed E-state index contributed by atoms with van der Waals surface area (Å²) in [6.07, 6.45) is -0.0161. The standard InChI is InChI=1S/C27H28Cl2FN3O4/c1-3-37-27(36)26-17(2)33(24(34)15-19(26)18-8-9-20(28)21(29)14-18)16-25(35)32-12-10-31(11-13-32)23-7-5-4-6-22(23)30/h4-9,14,19H,3,10-13,15-16H2,1-2H3. The second-order valence-electron chi connectivity index (χ2n) is 8.95. The van der Waals surface area contributed by atoms with E-state index in [0.717, 1.165) is 0 Å². The van der Waals surface area contributed by atoms with Crippen molar-refractivity contribution in [2.24, 2.45) is 0 Å². The lowest BCUT2D eigenvalue weighted by molar-refractivity contribution is -0.142. The molecule has 2 heterocycles. The topological polar surface area (TPSA) is 70.2 Å². The zero-order valence-electron chi connectivity index (χ0n) is 20.7. The second-order valence-corrected chi connectivity index (χ2v) is 9.76. The maximum Gasteiger partial charge on any atom is 0.336 e. The minimum atomic E-state index is -0.572. The number of carbonyl (C=O) groups excluding carboxylic acids is 3. The average Bonchev–Trinajstić information content (AvgIpc) is 2.88. The average molecular weight is 548 g/mol. The Hall–Kier alpha value is -3.10. The van der Waals surface area contributed by atoms with Gasteiger partial charge in [-0.25, -0.2) is 9.18 Å². The molecule has 1 fully saturated rings. The Labute approximate surface area is 225 Å². The Kier molecular flexibility index (Phi) is 8.39. The molecule has 37 heavy (non-hydrogen) atoms. The van der Waals surface area contributed by atoms with E-state index in [9.17, 15) is 18.8 Å². The summed E-state index contributed by atoms with van der Waals surface area (Å²) in [5.41, 5.74) is 1.87. The molecular weight excluding hydrogens is 520 g/mol. The highest BCUT2D eigenvalue weighted by Gasteiger charge is 2.38. The number of allylic oxidation sites excluding steroid dienone is 1. The summed E-state index contributed by atoms with van der Waals surface area (Å²) in [4.78, 5) is 44.3. The van der Waals surface area contributed by atoms with E-state index >= 15 is 0 Å². The van der Waals surface area contributed by atoms with Crippen molar-refractivity contribution in [1.29, 1.82) is 0 Å². The molecule has 1 unspecified atom stereocenters. The minimum absolute atomic E-state index is 0.0161. The van der Waals surface area contributed by atoms with Gasteiger partial charge in [0.2, 0.25) is 11.8 Å². The quantitative estimate of drug-likeness (QED) is 0.493. The fraction of sp³-hybridized carbons (Fsp3) is 0.370. The molecular formula is C27H28Cl2FN3O4. The number of rotatable bonds is 6. The van der Waals surface area contributed by atoms with Gasteiger partial charge in [0.15, 0.2) is 0 Å². The molecule has 1 saturated heterocycles. The first-order valence-corrected chi connectivity index (χ1v) is 12.9. The van der Waals surface area contributed by atoms with Gasteiger partial charge < -0.3 is 19.4 Å². The molecule has 0 bridgehead atoms. The van der Waals surface area contributed by atoms with Crippen LogP contribution in [0.25, 0.3) is 0 Å². The highest BCUT2D eigenvalue weighted by molar-refractivity contribution is 6.42. The number of hydrogen-bond acceptors (Lipinski definition) is 5. The van der Waals surface area contributed by atoms with Crippen molar-refractivity contribution in [2.45, 2.75) is 26.2 Å². The van der Waals surface area contributed by atoms with Gasteiger partial charge in [-0.3, -0.25) is 9.59 Å². The van der Waals surface area contributed by atoms with E-state index in [1.165, 1.54) is 11.0 Å². The van der Waals surface area contributed by atoms with E-state index in [0.29, 0.717) is 58.7 Å². The van der Waals surface area contributed by atoms with Crippen LogP contribution in [0.5, 0.6) is 0 Å². The van der Waals surface area contributed by atoms with Gasteiger partial charge in [0.25, 0.3) is 0 Å². The summed E-state index contributed by atoms with van der Waals surface area (Å²) < 4.78 is 19.5. The van der Waals surface area contributed by atoms with Gasteiger partial charge in [-0.15, -0.1) is 0 Å². The number of hydrogen-bond donors (Lipinski definition) is 0. The molecule has 0 aromatic heterocycles. The monoisotopic (exact) mass is 547 g/mol. The molecule has 0 radical (unpaired) electrons. The van der Waals surface area contributed by atoms with Crippen LogP contribution in [0.3, 0.4) is 0 Å². The Morgan fingerprint density at radius 1 is 1.05 bits per heavy atom. The molecule has 2 aromatic carbocycles. The Balaban J connectivity index is 1.52. The number of para-hydroxylation sites is 1. The number of esters is 1. The van der Waals surface area contributed by atoms with Crippen molar-refractivity contribution >= 4 is 46.7 Å². The fourth-order valence-electron chi connectivity index (χ4n) is 4.83. The minimum Gasteiger partial charge on any atom is -0.463 e.